The number of aliphatic hydroxyl groups is 3. The third-order valence-electron chi connectivity index (χ3n) is 8.98. The first kappa shape index (κ1) is 20.5. The highest BCUT2D eigenvalue weighted by molar-refractivity contribution is 5.75. The summed E-state index contributed by atoms with van der Waals surface area (Å²) in [7, 11) is 1.42. The molecule has 4 rings (SSSR count). The third-order valence-corrected chi connectivity index (χ3v) is 8.98. The Morgan fingerprint density at radius 2 is 1.93 bits per heavy atom. The number of esters is 1. The first-order chi connectivity index (χ1) is 13.1. The van der Waals surface area contributed by atoms with Gasteiger partial charge in [0.25, 0.3) is 0 Å². The Bertz CT molecular complexity index is 634. The summed E-state index contributed by atoms with van der Waals surface area (Å²) in [6, 6.07) is 0. The van der Waals surface area contributed by atoms with E-state index in [9.17, 15) is 20.1 Å². The van der Waals surface area contributed by atoms with Crippen molar-refractivity contribution in [3.8, 4) is 0 Å². The van der Waals surface area contributed by atoms with Crippen LogP contribution >= 0.6 is 0 Å². The van der Waals surface area contributed by atoms with E-state index in [4.69, 9.17) is 14.2 Å². The molecule has 4 fully saturated rings. The number of cyclic esters (lactones) is 1. The summed E-state index contributed by atoms with van der Waals surface area (Å²) in [6.07, 6.45) is 0.249. The Kier molecular flexibility index (Phi) is 4.87. The summed E-state index contributed by atoms with van der Waals surface area (Å²) < 4.78 is 16.0. The Hall–Kier alpha value is -0.730. The van der Waals surface area contributed by atoms with Crippen molar-refractivity contribution in [2.75, 3.05) is 13.7 Å². The van der Waals surface area contributed by atoms with Gasteiger partial charge in [0.05, 0.1) is 18.6 Å². The Balaban J connectivity index is 1.58. The maximum Gasteiger partial charge on any atom is 0.314 e. The first-order valence-electron chi connectivity index (χ1n) is 10.5. The van der Waals surface area contributed by atoms with E-state index in [1.165, 1.54) is 7.11 Å². The van der Waals surface area contributed by atoms with E-state index in [0.29, 0.717) is 25.4 Å². The predicted octanol–water partition coefficient (Wildman–Crippen LogP) is 1.23. The average Bonchev–Trinajstić information content (AvgIpc) is 3.42. The molecule has 28 heavy (non-hydrogen) atoms. The molecule has 10 atom stereocenters. The summed E-state index contributed by atoms with van der Waals surface area (Å²) in [5.74, 6) is -0.434. The van der Waals surface area contributed by atoms with Crippen molar-refractivity contribution in [3.05, 3.63) is 0 Å². The fourth-order valence-electron chi connectivity index (χ4n) is 6.69. The van der Waals surface area contributed by atoms with Crippen LogP contribution in [0, 0.1) is 28.6 Å². The molecule has 0 aromatic heterocycles. The zero-order chi connectivity index (χ0) is 20.5. The lowest BCUT2D eigenvalue weighted by Gasteiger charge is -2.62. The molecular formula is C21H34O7. The van der Waals surface area contributed by atoms with E-state index in [0.717, 1.165) is 19.3 Å². The van der Waals surface area contributed by atoms with Crippen LogP contribution < -0.4 is 0 Å². The third kappa shape index (κ3) is 2.63. The Morgan fingerprint density at radius 3 is 2.50 bits per heavy atom. The van der Waals surface area contributed by atoms with Crippen molar-refractivity contribution in [2.24, 2.45) is 28.6 Å². The van der Waals surface area contributed by atoms with Gasteiger partial charge in [-0.3, -0.25) is 4.79 Å². The maximum absolute atomic E-state index is 12.2. The number of methoxy groups -OCH3 is 1. The van der Waals surface area contributed by atoms with Gasteiger partial charge in [-0.1, -0.05) is 20.8 Å². The molecule has 4 aliphatic rings. The highest BCUT2D eigenvalue weighted by atomic mass is 16.7. The van der Waals surface area contributed by atoms with Gasteiger partial charge in [0.1, 0.15) is 17.8 Å². The molecule has 1 spiro atoms. The van der Waals surface area contributed by atoms with Crippen LogP contribution in [-0.4, -0.2) is 65.2 Å². The minimum absolute atomic E-state index is 0.141. The number of ether oxygens (including phenoxy) is 3. The molecule has 0 bridgehead atoms. The van der Waals surface area contributed by atoms with E-state index in [-0.39, 0.29) is 16.7 Å². The predicted molar refractivity (Wildman–Crippen MR) is 99.0 cm³/mol. The standard InChI is InChI=1S/C21H34O7/c1-11-5-8-20(3)14(9-13(22)16(24)21(20)10-27-21)19(11,2)7-6-12-15(23)18(26-4)28-17(12)25/h11-16,18,22-24H,5-10H2,1-4H3. The van der Waals surface area contributed by atoms with Crippen molar-refractivity contribution in [1.29, 1.82) is 0 Å². The number of hydrogen-bond acceptors (Lipinski definition) is 7. The lowest BCUT2D eigenvalue weighted by atomic mass is 9.43. The molecule has 2 heterocycles. The van der Waals surface area contributed by atoms with Crippen molar-refractivity contribution in [2.45, 2.75) is 83.1 Å². The number of epoxide rings is 1. The highest BCUT2D eigenvalue weighted by Gasteiger charge is 2.73. The van der Waals surface area contributed by atoms with Gasteiger partial charge in [-0.15, -0.1) is 0 Å². The highest BCUT2D eigenvalue weighted by Crippen LogP contribution is 2.68. The summed E-state index contributed by atoms with van der Waals surface area (Å²) >= 11 is 0. The maximum atomic E-state index is 12.2. The van der Waals surface area contributed by atoms with E-state index in [1.54, 1.807) is 0 Å². The second-order valence-corrected chi connectivity index (χ2v) is 10.0. The van der Waals surface area contributed by atoms with Crippen molar-refractivity contribution < 1.29 is 34.3 Å². The molecule has 0 amide bonds. The number of fused-ring (bicyclic) bond motifs is 2. The van der Waals surface area contributed by atoms with Gasteiger partial charge in [0, 0.05) is 12.5 Å². The van der Waals surface area contributed by atoms with Gasteiger partial charge >= 0.3 is 5.97 Å². The van der Waals surface area contributed by atoms with Gasteiger partial charge in [-0.2, -0.15) is 0 Å². The number of hydrogen-bond donors (Lipinski definition) is 3. The van der Waals surface area contributed by atoms with Crippen molar-refractivity contribution in [1.82, 2.24) is 0 Å². The summed E-state index contributed by atoms with van der Waals surface area (Å²) in [6.45, 7) is 7.16. The zero-order valence-electron chi connectivity index (χ0n) is 17.3. The molecule has 2 saturated heterocycles. The van der Waals surface area contributed by atoms with Crippen LogP contribution in [0.25, 0.3) is 0 Å². The molecule has 0 radical (unpaired) electrons. The van der Waals surface area contributed by atoms with E-state index >= 15 is 0 Å². The second kappa shape index (κ2) is 6.64. The zero-order valence-corrected chi connectivity index (χ0v) is 17.3. The second-order valence-electron chi connectivity index (χ2n) is 10.0. The monoisotopic (exact) mass is 398 g/mol. The van der Waals surface area contributed by atoms with Crippen LogP contribution in [0.5, 0.6) is 0 Å². The van der Waals surface area contributed by atoms with E-state index < -0.39 is 42.1 Å². The van der Waals surface area contributed by atoms with E-state index in [1.807, 2.05) is 0 Å². The first-order valence-corrected chi connectivity index (χ1v) is 10.5. The van der Waals surface area contributed by atoms with Gasteiger partial charge < -0.3 is 29.5 Å². The minimum atomic E-state index is -0.955. The molecule has 0 aromatic carbocycles. The van der Waals surface area contributed by atoms with Crippen LogP contribution in [0.3, 0.4) is 0 Å². The molecule has 160 valence electrons. The number of aliphatic hydroxyl groups excluding tert-OH is 3. The molecule has 10 unspecified atom stereocenters. The topological polar surface area (TPSA) is 109 Å². The quantitative estimate of drug-likeness (QED) is 0.483. The van der Waals surface area contributed by atoms with Gasteiger partial charge in [0.15, 0.2) is 0 Å². The van der Waals surface area contributed by atoms with Crippen molar-refractivity contribution >= 4 is 5.97 Å². The van der Waals surface area contributed by atoms with Crippen LogP contribution in [0.1, 0.15) is 52.9 Å². The molecule has 7 heteroatoms. The fraction of sp³-hybridized carbons (Fsp3) is 0.952. The summed E-state index contributed by atoms with van der Waals surface area (Å²) in [5, 5.41) is 31.6. The molecule has 3 N–H and O–H groups in total. The van der Waals surface area contributed by atoms with Crippen molar-refractivity contribution in [3.63, 3.8) is 0 Å². The lowest BCUT2D eigenvalue weighted by molar-refractivity contribution is -0.198. The van der Waals surface area contributed by atoms with Crippen LogP contribution in [0.15, 0.2) is 0 Å². The van der Waals surface area contributed by atoms with E-state index in [2.05, 4.69) is 20.8 Å². The lowest BCUT2D eigenvalue weighted by Crippen LogP contribution is -2.65. The van der Waals surface area contributed by atoms with Crippen LogP contribution in [0.2, 0.25) is 0 Å². The smallest absolute Gasteiger partial charge is 0.314 e. The summed E-state index contributed by atoms with van der Waals surface area (Å²) in [5.41, 5.74) is -1.00. The summed E-state index contributed by atoms with van der Waals surface area (Å²) in [4.78, 5) is 12.2. The Labute approximate surface area is 166 Å². The molecule has 2 aliphatic heterocycles. The fourth-order valence-corrected chi connectivity index (χ4v) is 6.69. The van der Waals surface area contributed by atoms with Gasteiger partial charge in [-0.25, -0.2) is 0 Å². The minimum Gasteiger partial charge on any atom is -0.433 e. The molecule has 7 nitrogen and oxygen atoms in total. The Morgan fingerprint density at radius 1 is 1.25 bits per heavy atom. The molecule has 2 aliphatic carbocycles. The molecular weight excluding hydrogens is 364 g/mol. The largest absolute Gasteiger partial charge is 0.433 e. The SMILES string of the molecule is COC1OC(=O)C(CCC2(C)C(C)CCC3(C)C2CC(O)C(O)C32CO2)C1O. The number of carbonyl (C=O) groups is 1. The van der Waals surface area contributed by atoms with Crippen LogP contribution in [-0.2, 0) is 19.0 Å². The molecule has 2 saturated carbocycles. The average molecular weight is 398 g/mol. The van der Waals surface area contributed by atoms with Crippen LogP contribution in [0.4, 0.5) is 0 Å². The van der Waals surface area contributed by atoms with Gasteiger partial charge in [-0.05, 0) is 49.4 Å². The normalized spacial score (nSPS) is 55.8. The van der Waals surface area contributed by atoms with Gasteiger partial charge in [0.2, 0.25) is 6.29 Å². The molecule has 0 aromatic rings. The number of carbonyl (C=O) groups excluding carboxylic acids is 1. The number of rotatable bonds is 4.